The van der Waals surface area contributed by atoms with E-state index in [2.05, 4.69) is 11.2 Å². The van der Waals surface area contributed by atoms with Crippen LogP contribution in [0.4, 0.5) is 4.39 Å². The number of halogens is 1. The first-order valence-corrected chi connectivity index (χ1v) is 11.3. The van der Waals surface area contributed by atoms with Crippen molar-refractivity contribution in [3.05, 3.63) is 71.3 Å². The van der Waals surface area contributed by atoms with Gasteiger partial charge in [-0.3, -0.25) is 9.67 Å². The first-order valence-electron chi connectivity index (χ1n) is 11.3. The second-order valence-corrected chi connectivity index (χ2v) is 8.89. The van der Waals surface area contributed by atoms with Gasteiger partial charge in [-0.2, -0.15) is 15.6 Å². The average Bonchev–Trinajstić information content (AvgIpc) is 3.23. The third kappa shape index (κ3) is 3.81. The van der Waals surface area contributed by atoms with Crippen molar-refractivity contribution in [2.45, 2.75) is 37.6 Å². The molecule has 1 aliphatic rings. The minimum absolute atomic E-state index is 0.0278. The molecule has 2 N–H and O–H groups in total. The number of benzene rings is 2. The number of nitrogens with zero attached hydrogens (tertiary/aromatic N) is 5. The van der Waals surface area contributed by atoms with E-state index in [4.69, 9.17) is 16.0 Å². The van der Waals surface area contributed by atoms with Crippen LogP contribution in [-0.2, 0) is 7.05 Å². The molecule has 34 heavy (non-hydrogen) atoms. The molecule has 7 heteroatoms. The van der Waals surface area contributed by atoms with E-state index in [1.165, 1.54) is 12.1 Å². The van der Waals surface area contributed by atoms with E-state index >= 15 is 0 Å². The Bertz CT molecular complexity index is 1480. The van der Waals surface area contributed by atoms with Crippen LogP contribution >= 0.6 is 0 Å². The Morgan fingerprint density at radius 2 is 1.71 bits per heavy atom. The van der Waals surface area contributed by atoms with Crippen LogP contribution in [0.15, 0.2) is 48.7 Å². The van der Waals surface area contributed by atoms with Crippen LogP contribution in [-0.4, -0.2) is 20.8 Å². The van der Waals surface area contributed by atoms with Gasteiger partial charge < -0.3 is 5.73 Å². The summed E-state index contributed by atoms with van der Waals surface area (Å²) >= 11 is 0. The molecule has 2 heterocycles. The number of aromatic nitrogens is 3. The molecule has 2 aromatic carbocycles. The predicted molar refractivity (Wildman–Crippen MR) is 128 cm³/mol. The molecular weight excluding hydrogens is 427 g/mol. The summed E-state index contributed by atoms with van der Waals surface area (Å²) in [5.41, 5.74) is 10.9. The van der Waals surface area contributed by atoms with Crippen molar-refractivity contribution in [1.82, 2.24) is 14.8 Å². The highest BCUT2D eigenvalue weighted by molar-refractivity contribution is 5.91. The highest BCUT2D eigenvalue weighted by Crippen LogP contribution is 2.39. The maximum absolute atomic E-state index is 14.6. The summed E-state index contributed by atoms with van der Waals surface area (Å²) in [5, 5.41) is 24.6. The van der Waals surface area contributed by atoms with Crippen LogP contribution in [0.5, 0.6) is 0 Å². The summed E-state index contributed by atoms with van der Waals surface area (Å²) in [4.78, 5) is 5.00. The van der Waals surface area contributed by atoms with Crippen molar-refractivity contribution >= 4 is 10.9 Å². The third-order valence-corrected chi connectivity index (χ3v) is 6.75. The Morgan fingerprint density at radius 1 is 0.971 bits per heavy atom. The zero-order valence-corrected chi connectivity index (χ0v) is 18.8. The summed E-state index contributed by atoms with van der Waals surface area (Å²) in [6, 6.07) is 16.6. The van der Waals surface area contributed by atoms with Gasteiger partial charge >= 0.3 is 0 Å². The van der Waals surface area contributed by atoms with Gasteiger partial charge in [0.2, 0.25) is 0 Å². The predicted octanol–water partition coefficient (Wildman–Crippen LogP) is 5.17. The van der Waals surface area contributed by atoms with Crippen molar-refractivity contribution in [2.24, 2.45) is 12.8 Å². The molecule has 1 aliphatic carbocycles. The zero-order chi connectivity index (χ0) is 23.8. The molecule has 0 amide bonds. The number of aryl methyl sites for hydroxylation is 1. The fourth-order valence-corrected chi connectivity index (χ4v) is 4.85. The molecule has 0 radical (unpaired) electrons. The monoisotopic (exact) mass is 450 g/mol. The summed E-state index contributed by atoms with van der Waals surface area (Å²) in [6.45, 7) is 0. The molecule has 0 atom stereocenters. The number of nitrogens with two attached hydrogens (primary N) is 1. The van der Waals surface area contributed by atoms with Crippen LogP contribution in [0.1, 0.15) is 48.4 Å². The average molecular weight is 451 g/mol. The lowest BCUT2D eigenvalue weighted by Gasteiger charge is -2.26. The molecular formula is C27H23FN6. The summed E-state index contributed by atoms with van der Waals surface area (Å²) in [5.74, 6) is -0.410. The number of rotatable bonds is 3. The number of pyridine rings is 1. The Kier molecular flexibility index (Phi) is 5.57. The van der Waals surface area contributed by atoms with Gasteiger partial charge in [0.15, 0.2) is 0 Å². The van der Waals surface area contributed by atoms with Gasteiger partial charge in [-0.15, -0.1) is 0 Å². The van der Waals surface area contributed by atoms with Gasteiger partial charge in [0.05, 0.1) is 34.6 Å². The van der Waals surface area contributed by atoms with Crippen molar-refractivity contribution in [3.63, 3.8) is 0 Å². The number of hydrogen-bond acceptors (Lipinski definition) is 5. The number of nitriles is 2. The molecule has 0 unspecified atom stereocenters. The Labute approximate surface area is 197 Å². The first kappa shape index (κ1) is 21.8. The van der Waals surface area contributed by atoms with Gasteiger partial charge in [-0.1, -0.05) is 12.1 Å². The quantitative estimate of drug-likeness (QED) is 0.464. The molecule has 1 fully saturated rings. The highest BCUT2D eigenvalue weighted by Gasteiger charge is 2.25. The lowest BCUT2D eigenvalue weighted by atomic mass is 9.83. The maximum atomic E-state index is 14.6. The van der Waals surface area contributed by atoms with Gasteiger partial charge in [0, 0.05) is 41.2 Å². The molecule has 5 rings (SSSR count). The Hall–Kier alpha value is -4.07. The lowest BCUT2D eigenvalue weighted by molar-refractivity contribution is 0.391. The normalized spacial score (nSPS) is 17.9. The van der Waals surface area contributed by atoms with Crippen LogP contribution < -0.4 is 5.73 Å². The number of fused-ring (bicyclic) bond motifs is 1. The minimum atomic E-state index is -0.608. The van der Waals surface area contributed by atoms with E-state index in [0.29, 0.717) is 22.4 Å². The first-order chi connectivity index (χ1) is 16.5. The smallest absolute Gasteiger partial charge is 0.141 e. The van der Waals surface area contributed by atoms with Crippen LogP contribution in [0.2, 0.25) is 0 Å². The lowest BCUT2D eigenvalue weighted by Crippen LogP contribution is -2.26. The second kappa shape index (κ2) is 8.70. The Morgan fingerprint density at radius 3 is 2.41 bits per heavy atom. The fraction of sp³-hybridized carbons (Fsp3) is 0.259. The Balaban J connectivity index is 1.74. The summed E-state index contributed by atoms with van der Waals surface area (Å²) < 4.78 is 16.4. The maximum Gasteiger partial charge on any atom is 0.141 e. The van der Waals surface area contributed by atoms with Gasteiger partial charge in [0.25, 0.3) is 0 Å². The third-order valence-electron chi connectivity index (χ3n) is 6.75. The van der Waals surface area contributed by atoms with E-state index in [-0.39, 0.29) is 17.5 Å². The van der Waals surface area contributed by atoms with E-state index in [0.717, 1.165) is 47.8 Å². The van der Waals surface area contributed by atoms with Crippen molar-refractivity contribution in [1.29, 1.82) is 10.5 Å². The van der Waals surface area contributed by atoms with Crippen LogP contribution in [0.25, 0.3) is 33.3 Å². The molecule has 0 spiro atoms. The van der Waals surface area contributed by atoms with E-state index in [1.807, 2.05) is 37.4 Å². The molecule has 1 saturated carbocycles. The van der Waals surface area contributed by atoms with Gasteiger partial charge in [0.1, 0.15) is 11.9 Å². The summed E-state index contributed by atoms with van der Waals surface area (Å²) in [6.07, 6.45) is 5.41. The molecule has 168 valence electrons. The molecule has 2 aromatic heterocycles. The number of hydrogen-bond donors (Lipinski definition) is 1. The van der Waals surface area contributed by atoms with E-state index in [1.54, 1.807) is 16.9 Å². The van der Waals surface area contributed by atoms with Gasteiger partial charge in [-0.05, 0) is 61.6 Å². The fourth-order valence-electron chi connectivity index (χ4n) is 4.85. The van der Waals surface area contributed by atoms with Crippen molar-refractivity contribution < 1.29 is 4.39 Å². The summed E-state index contributed by atoms with van der Waals surface area (Å²) in [7, 11) is 1.88. The SMILES string of the molecule is Cn1ncc2cc(-c3c(C#N)cc(C4CCC(N)CC4)nc3-c3ccc(C#N)c(F)c3)ccc21. The molecule has 6 nitrogen and oxygen atoms in total. The van der Waals surface area contributed by atoms with E-state index < -0.39 is 5.82 Å². The molecule has 0 bridgehead atoms. The molecule has 4 aromatic rings. The van der Waals surface area contributed by atoms with E-state index in [9.17, 15) is 9.65 Å². The zero-order valence-electron chi connectivity index (χ0n) is 18.8. The molecule has 0 aliphatic heterocycles. The molecule has 0 saturated heterocycles. The van der Waals surface area contributed by atoms with Gasteiger partial charge in [-0.25, -0.2) is 4.39 Å². The highest BCUT2D eigenvalue weighted by atomic mass is 19.1. The largest absolute Gasteiger partial charge is 0.328 e. The van der Waals surface area contributed by atoms with Crippen molar-refractivity contribution in [3.8, 4) is 34.5 Å². The van der Waals surface area contributed by atoms with Crippen LogP contribution in [0, 0.1) is 28.5 Å². The minimum Gasteiger partial charge on any atom is -0.328 e. The standard InChI is InChI=1S/C27H23FN6/c1-34-25-9-6-17(10-21(25)15-32-34)26-20(14-30)12-24(16-4-7-22(31)8-5-16)33-27(26)18-2-3-19(13-29)23(28)11-18/h2-3,6,9-12,15-16,22H,4-5,7-8,31H2,1H3. The van der Waals surface area contributed by atoms with Crippen molar-refractivity contribution in [2.75, 3.05) is 0 Å². The van der Waals surface area contributed by atoms with Crippen LogP contribution in [0.3, 0.4) is 0 Å². The second-order valence-electron chi connectivity index (χ2n) is 8.89. The topological polar surface area (TPSA) is 104 Å².